The quantitative estimate of drug-likeness (QED) is 0.921. The van der Waals surface area contributed by atoms with Gasteiger partial charge in [0.25, 0.3) is 5.91 Å². The van der Waals surface area contributed by atoms with Crippen molar-refractivity contribution in [3.63, 3.8) is 0 Å². The normalized spacial score (nSPS) is 17.6. The Morgan fingerprint density at radius 2 is 2.17 bits per heavy atom. The van der Waals surface area contributed by atoms with Crippen molar-refractivity contribution >= 4 is 29.1 Å². The minimum Gasteiger partial charge on any atom is -0.472 e. The number of nitrogens with zero attached hydrogens (tertiary/aromatic N) is 1. The van der Waals surface area contributed by atoms with Crippen LogP contribution >= 0.6 is 11.6 Å². The van der Waals surface area contributed by atoms with Crippen molar-refractivity contribution in [2.24, 2.45) is 5.92 Å². The number of benzene rings is 1. The maximum Gasteiger partial charge on any atom is 0.257 e. The van der Waals surface area contributed by atoms with Crippen molar-refractivity contribution < 1.29 is 14.0 Å². The summed E-state index contributed by atoms with van der Waals surface area (Å²) >= 11 is 5.94. The fourth-order valence-corrected chi connectivity index (χ4v) is 3.17. The topological polar surface area (TPSA) is 62.6 Å². The van der Waals surface area contributed by atoms with Crippen molar-refractivity contribution in [3.05, 3.63) is 52.9 Å². The van der Waals surface area contributed by atoms with Crippen LogP contribution in [0.1, 0.15) is 28.8 Å². The summed E-state index contributed by atoms with van der Waals surface area (Å²) in [5.74, 6) is -0.376. The van der Waals surface area contributed by atoms with Gasteiger partial charge in [0.2, 0.25) is 5.91 Å². The molecule has 0 aliphatic carbocycles. The summed E-state index contributed by atoms with van der Waals surface area (Å²) in [5.41, 5.74) is 2.19. The van der Waals surface area contributed by atoms with Gasteiger partial charge in [-0.3, -0.25) is 9.59 Å². The third-order valence-electron chi connectivity index (χ3n) is 4.29. The molecule has 1 aliphatic heterocycles. The summed E-state index contributed by atoms with van der Waals surface area (Å²) in [6.45, 7) is 2.98. The van der Waals surface area contributed by atoms with Crippen LogP contribution in [0.2, 0.25) is 5.02 Å². The number of carbonyl (C=O) groups is 2. The molecule has 1 aliphatic rings. The number of nitrogens with one attached hydrogen (secondary N) is 1. The van der Waals surface area contributed by atoms with E-state index in [0.717, 1.165) is 24.1 Å². The van der Waals surface area contributed by atoms with Crippen LogP contribution in [0.4, 0.5) is 5.69 Å². The average Bonchev–Trinajstić information content (AvgIpc) is 3.11. The van der Waals surface area contributed by atoms with Gasteiger partial charge in [0.1, 0.15) is 6.26 Å². The summed E-state index contributed by atoms with van der Waals surface area (Å²) in [5, 5.41) is 3.59. The Kier molecular flexibility index (Phi) is 4.90. The number of likely N-dealkylation sites (tertiary alicyclic amines) is 1. The van der Waals surface area contributed by atoms with E-state index in [2.05, 4.69) is 5.32 Å². The van der Waals surface area contributed by atoms with Crippen LogP contribution in [0.5, 0.6) is 0 Å². The standard InChI is InChI=1S/C18H19ClN2O3/c1-12-9-15(19)4-5-16(12)20-17(22)13-3-2-7-21(10-13)18(23)14-6-8-24-11-14/h4-6,8-9,11,13H,2-3,7,10H2,1H3,(H,20,22)/t13-/m0/s1. The van der Waals surface area contributed by atoms with E-state index in [1.54, 1.807) is 23.1 Å². The second kappa shape index (κ2) is 7.09. The number of anilines is 1. The molecule has 2 amide bonds. The number of carbonyl (C=O) groups excluding carboxylic acids is 2. The van der Waals surface area contributed by atoms with Crippen molar-refractivity contribution in [2.45, 2.75) is 19.8 Å². The number of rotatable bonds is 3. The summed E-state index contributed by atoms with van der Waals surface area (Å²) in [6.07, 6.45) is 4.49. The Morgan fingerprint density at radius 1 is 1.33 bits per heavy atom. The highest BCUT2D eigenvalue weighted by molar-refractivity contribution is 6.30. The number of amides is 2. The third kappa shape index (κ3) is 3.62. The molecule has 0 bridgehead atoms. The second-order valence-corrected chi connectivity index (χ2v) is 6.49. The summed E-state index contributed by atoms with van der Waals surface area (Å²) in [4.78, 5) is 26.7. The maximum atomic E-state index is 12.6. The highest BCUT2D eigenvalue weighted by Gasteiger charge is 2.29. The van der Waals surface area contributed by atoms with Gasteiger partial charge in [0.05, 0.1) is 17.7 Å². The Hall–Kier alpha value is -2.27. The Labute approximate surface area is 145 Å². The zero-order chi connectivity index (χ0) is 17.1. The van der Waals surface area contributed by atoms with Crippen LogP contribution in [0.25, 0.3) is 0 Å². The molecule has 1 aromatic carbocycles. The second-order valence-electron chi connectivity index (χ2n) is 6.05. The fraction of sp³-hybridized carbons (Fsp3) is 0.333. The zero-order valence-electron chi connectivity index (χ0n) is 13.4. The summed E-state index contributed by atoms with van der Waals surface area (Å²) in [7, 11) is 0. The van der Waals surface area contributed by atoms with E-state index in [1.807, 2.05) is 13.0 Å². The van der Waals surface area contributed by atoms with Gasteiger partial charge < -0.3 is 14.6 Å². The summed E-state index contributed by atoms with van der Waals surface area (Å²) in [6, 6.07) is 7.00. The molecule has 0 spiro atoms. The third-order valence-corrected chi connectivity index (χ3v) is 4.53. The monoisotopic (exact) mass is 346 g/mol. The first kappa shape index (κ1) is 16.6. The highest BCUT2D eigenvalue weighted by atomic mass is 35.5. The first-order chi connectivity index (χ1) is 11.5. The van der Waals surface area contributed by atoms with Crippen molar-refractivity contribution in [3.8, 4) is 0 Å². The number of aryl methyl sites for hydroxylation is 1. The van der Waals surface area contributed by atoms with E-state index < -0.39 is 0 Å². The zero-order valence-corrected chi connectivity index (χ0v) is 14.2. The van der Waals surface area contributed by atoms with E-state index in [9.17, 15) is 9.59 Å². The van der Waals surface area contributed by atoms with E-state index in [4.69, 9.17) is 16.0 Å². The molecule has 1 fully saturated rings. The van der Waals surface area contributed by atoms with Crippen LogP contribution in [0.3, 0.4) is 0 Å². The van der Waals surface area contributed by atoms with Crippen molar-refractivity contribution in [2.75, 3.05) is 18.4 Å². The van der Waals surface area contributed by atoms with Crippen LogP contribution in [-0.4, -0.2) is 29.8 Å². The Bertz CT molecular complexity index is 743. The molecular weight excluding hydrogens is 328 g/mol. The molecule has 0 radical (unpaired) electrons. The molecule has 1 atom stereocenters. The van der Waals surface area contributed by atoms with Gasteiger partial charge in [0.15, 0.2) is 0 Å². The number of furan rings is 1. The van der Waals surface area contributed by atoms with Gasteiger partial charge in [-0.15, -0.1) is 0 Å². The molecule has 24 heavy (non-hydrogen) atoms. The smallest absolute Gasteiger partial charge is 0.257 e. The van der Waals surface area contributed by atoms with Crippen LogP contribution in [-0.2, 0) is 4.79 Å². The minimum absolute atomic E-state index is 0.0647. The maximum absolute atomic E-state index is 12.6. The fourth-order valence-electron chi connectivity index (χ4n) is 2.95. The molecule has 1 saturated heterocycles. The lowest BCUT2D eigenvalue weighted by molar-refractivity contribution is -0.121. The Balaban J connectivity index is 1.65. The molecule has 5 nitrogen and oxygen atoms in total. The molecule has 3 rings (SSSR count). The number of hydrogen-bond donors (Lipinski definition) is 1. The molecule has 2 heterocycles. The lowest BCUT2D eigenvalue weighted by Gasteiger charge is -2.32. The predicted molar refractivity (Wildman–Crippen MR) is 92.2 cm³/mol. The number of halogens is 1. The highest BCUT2D eigenvalue weighted by Crippen LogP contribution is 2.23. The van der Waals surface area contributed by atoms with Gasteiger partial charge in [-0.1, -0.05) is 11.6 Å². The molecule has 0 saturated carbocycles. The predicted octanol–water partition coefficient (Wildman–Crippen LogP) is 3.73. The molecular formula is C18H19ClN2O3. The molecule has 6 heteroatoms. The number of hydrogen-bond acceptors (Lipinski definition) is 3. The van der Waals surface area contributed by atoms with Gasteiger partial charge in [0, 0.05) is 23.8 Å². The van der Waals surface area contributed by atoms with Crippen LogP contribution in [0, 0.1) is 12.8 Å². The van der Waals surface area contributed by atoms with E-state index in [-0.39, 0.29) is 17.7 Å². The van der Waals surface area contributed by atoms with E-state index in [1.165, 1.54) is 12.5 Å². The first-order valence-electron chi connectivity index (χ1n) is 7.93. The van der Waals surface area contributed by atoms with E-state index in [0.29, 0.717) is 23.7 Å². The molecule has 2 aromatic rings. The lowest BCUT2D eigenvalue weighted by Crippen LogP contribution is -2.43. The summed E-state index contributed by atoms with van der Waals surface area (Å²) < 4.78 is 4.96. The average molecular weight is 347 g/mol. The Morgan fingerprint density at radius 3 is 2.88 bits per heavy atom. The minimum atomic E-state index is -0.218. The lowest BCUT2D eigenvalue weighted by atomic mass is 9.96. The molecule has 0 unspecified atom stereocenters. The van der Waals surface area contributed by atoms with Gasteiger partial charge in [-0.25, -0.2) is 0 Å². The van der Waals surface area contributed by atoms with Gasteiger partial charge in [-0.2, -0.15) is 0 Å². The number of piperidine rings is 1. The van der Waals surface area contributed by atoms with Crippen LogP contribution < -0.4 is 5.32 Å². The first-order valence-corrected chi connectivity index (χ1v) is 8.31. The van der Waals surface area contributed by atoms with Crippen molar-refractivity contribution in [1.29, 1.82) is 0 Å². The van der Waals surface area contributed by atoms with Gasteiger partial charge >= 0.3 is 0 Å². The largest absolute Gasteiger partial charge is 0.472 e. The SMILES string of the molecule is Cc1cc(Cl)ccc1NC(=O)[C@H]1CCCN(C(=O)c2ccoc2)C1. The molecule has 1 aromatic heterocycles. The van der Waals surface area contributed by atoms with Crippen molar-refractivity contribution in [1.82, 2.24) is 4.90 Å². The van der Waals surface area contributed by atoms with Gasteiger partial charge in [-0.05, 0) is 49.6 Å². The molecule has 126 valence electrons. The molecule has 1 N–H and O–H groups in total. The van der Waals surface area contributed by atoms with E-state index >= 15 is 0 Å². The van der Waals surface area contributed by atoms with Crippen LogP contribution in [0.15, 0.2) is 41.2 Å².